The Balaban J connectivity index is 1.41. The van der Waals surface area contributed by atoms with Gasteiger partial charge in [0, 0.05) is 19.5 Å². The molecule has 0 bridgehead atoms. The molecule has 1 atom stereocenters. The fourth-order valence-corrected chi connectivity index (χ4v) is 3.90. The average Bonchev–Trinajstić information content (AvgIpc) is 3.33. The van der Waals surface area contributed by atoms with Crippen molar-refractivity contribution >= 4 is 11.8 Å². The van der Waals surface area contributed by atoms with Crippen LogP contribution in [0.4, 0.5) is 0 Å². The van der Waals surface area contributed by atoms with Gasteiger partial charge < -0.3 is 19.8 Å². The maximum absolute atomic E-state index is 12.4. The first-order chi connectivity index (χ1) is 15.2. The predicted octanol–water partition coefficient (Wildman–Crippen LogP) is 3.53. The minimum absolute atomic E-state index is 0.0162. The van der Waals surface area contributed by atoms with Gasteiger partial charge in [-0.2, -0.15) is 0 Å². The summed E-state index contributed by atoms with van der Waals surface area (Å²) in [5, 5.41) is 5.91. The fourth-order valence-electron chi connectivity index (χ4n) is 3.90. The maximum Gasteiger partial charge on any atom is 0.255 e. The van der Waals surface area contributed by atoms with E-state index in [9.17, 15) is 9.59 Å². The van der Waals surface area contributed by atoms with Crippen molar-refractivity contribution in [1.82, 2.24) is 15.5 Å². The summed E-state index contributed by atoms with van der Waals surface area (Å²) in [4.78, 5) is 27.1. The Morgan fingerprint density at radius 3 is 2.65 bits per heavy atom. The van der Waals surface area contributed by atoms with E-state index in [2.05, 4.69) is 15.5 Å². The van der Waals surface area contributed by atoms with Crippen LogP contribution in [-0.4, -0.2) is 49.5 Å². The normalized spacial score (nSPS) is 15.3. The van der Waals surface area contributed by atoms with Gasteiger partial charge in [-0.3, -0.25) is 14.5 Å². The van der Waals surface area contributed by atoms with Crippen LogP contribution < -0.4 is 15.4 Å². The number of carbonyl (C=O) groups is 2. The van der Waals surface area contributed by atoms with Crippen LogP contribution in [-0.2, 0) is 4.79 Å². The number of furan rings is 1. The van der Waals surface area contributed by atoms with E-state index in [1.54, 1.807) is 18.4 Å². The molecule has 1 saturated heterocycles. The zero-order valence-electron chi connectivity index (χ0n) is 18.3. The number of carbonyl (C=O) groups excluding carboxylic acids is 2. The standard InChI is InChI=1S/C24H33N3O4/c1-2-30-21-11-5-4-10-19(21)24(29)25-14-8-13-23(28)26-18-20(22-12-9-17-31-22)27-15-6-3-7-16-27/h4-5,9-12,17,20H,2-3,6-8,13-16,18H2,1H3,(H,25,29)(H,26,28). The predicted molar refractivity (Wildman–Crippen MR) is 119 cm³/mol. The number of amides is 2. The molecule has 168 valence electrons. The van der Waals surface area contributed by atoms with Crippen LogP contribution >= 0.6 is 0 Å². The zero-order valence-corrected chi connectivity index (χ0v) is 18.3. The van der Waals surface area contributed by atoms with Crippen molar-refractivity contribution in [2.24, 2.45) is 0 Å². The van der Waals surface area contributed by atoms with Crippen molar-refractivity contribution in [3.05, 3.63) is 54.0 Å². The molecule has 0 saturated carbocycles. The van der Waals surface area contributed by atoms with Crippen LogP contribution in [0.1, 0.15) is 61.2 Å². The average molecular weight is 428 g/mol. The number of hydrogen-bond donors (Lipinski definition) is 2. The van der Waals surface area contributed by atoms with E-state index < -0.39 is 0 Å². The minimum atomic E-state index is -0.188. The molecule has 3 rings (SSSR count). The van der Waals surface area contributed by atoms with Crippen molar-refractivity contribution in [3.63, 3.8) is 0 Å². The van der Waals surface area contributed by atoms with Gasteiger partial charge >= 0.3 is 0 Å². The topological polar surface area (TPSA) is 83.8 Å². The molecule has 2 amide bonds. The molecule has 2 N–H and O–H groups in total. The smallest absolute Gasteiger partial charge is 0.255 e. The number of piperidine rings is 1. The molecule has 7 nitrogen and oxygen atoms in total. The van der Waals surface area contributed by atoms with Gasteiger partial charge in [0.25, 0.3) is 5.91 Å². The third-order valence-electron chi connectivity index (χ3n) is 5.49. The van der Waals surface area contributed by atoms with Crippen LogP contribution in [0.15, 0.2) is 47.1 Å². The monoisotopic (exact) mass is 427 g/mol. The number of nitrogens with zero attached hydrogens (tertiary/aromatic N) is 1. The van der Waals surface area contributed by atoms with Gasteiger partial charge in [0.05, 0.1) is 24.5 Å². The summed E-state index contributed by atoms with van der Waals surface area (Å²) in [5.41, 5.74) is 0.511. The lowest BCUT2D eigenvalue weighted by atomic mass is 10.1. The van der Waals surface area contributed by atoms with Crippen LogP contribution in [0.25, 0.3) is 0 Å². The third-order valence-corrected chi connectivity index (χ3v) is 5.49. The summed E-state index contributed by atoms with van der Waals surface area (Å²) in [6.07, 6.45) is 6.23. The molecule has 1 aromatic carbocycles. The molecule has 1 unspecified atom stereocenters. The van der Waals surface area contributed by atoms with Gasteiger partial charge in [0.1, 0.15) is 11.5 Å². The SMILES string of the molecule is CCOc1ccccc1C(=O)NCCCC(=O)NCC(c1ccco1)N1CCCCC1. The molecule has 31 heavy (non-hydrogen) atoms. The van der Waals surface area contributed by atoms with Crippen molar-refractivity contribution in [1.29, 1.82) is 0 Å². The molecule has 2 heterocycles. The second-order valence-corrected chi connectivity index (χ2v) is 7.72. The number of nitrogens with one attached hydrogen (secondary N) is 2. The molecule has 1 aliphatic heterocycles. The van der Waals surface area contributed by atoms with Crippen molar-refractivity contribution < 1.29 is 18.7 Å². The van der Waals surface area contributed by atoms with Crippen LogP contribution in [0.3, 0.4) is 0 Å². The lowest BCUT2D eigenvalue weighted by Crippen LogP contribution is -2.40. The largest absolute Gasteiger partial charge is 0.493 e. The van der Waals surface area contributed by atoms with Crippen LogP contribution in [0, 0.1) is 0 Å². The van der Waals surface area contributed by atoms with E-state index in [-0.39, 0.29) is 17.9 Å². The third kappa shape index (κ3) is 6.85. The Hall–Kier alpha value is -2.80. The zero-order chi connectivity index (χ0) is 21.9. The summed E-state index contributed by atoms with van der Waals surface area (Å²) in [6, 6.07) is 11.1. The lowest BCUT2D eigenvalue weighted by molar-refractivity contribution is -0.121. The fraction of sp³-hybridized carbons (Fsp3) is 0.500. The van der Waals surface area contributed by atoms with E-state index >= 15 is 0 Å². The highest BCUT2D eigenvalue weighted by molar-refractivity contribution is 5.96. The van der Waals surface area contributed by atoms with Gasteiger partial charge in [0.2, 0.25) is 5.91 Å². The minimum Gasteiger partial charge on any atom is -0.493 e. The number of likely N-dealkylation sites (tertiary alicyclic amines) is 1. The van der Waals surface area contributed by atoms with Gasteiger partial charge in [-0.15, -0.1) is 0 Å². The molecular weight excluding hydrogens is 394 g/mol. The number of benzene rings is 1. The number of ether oxygens (including phenoxy) is 1. The van der Waals surface area contributed by atoms with E-state index in [0.717, 1.165) is 18.8 Å². The van der Waals surface area contributed by atoms with Gasteiger partial charge in [0.15, 0.2) is 0 Å². The number of hydrogen-bond acceptors (Lipinski definition) is 5. The van der Waals surface area contributed by atoms with Crippen molar-refractivity contribution in [2.75, 3.05) is 32.8 Å². The van der Waals surface area contributed by atoms with Crippen LogP contribution in [0.5, 0.6) is 5.75 Å². The second-order valence-electron chi connectivity index (χ2n) is 7.72. The molecule has 7 heteroatoms. The first-order valence-corrected chi connectivity index (χ1v) is 11.2. The van der Waals surface area contributed by atoms with Gasteiger partial charge in [-0.1, -0.05) is 18.6 Å². The maximum atomic E-state index is 12.4. The summed E-state index contributed by atoms with van der Waals surface area (Å²) in [7, 11) is 0. The summed E-state index contributed by atoms with van der Waals surface area (Å²) in [5.74, 6) is 1.26. The van der Waals surface area contributed by atoms with Crippen LogP contribution in [0.2, 0.25) is 0 Å². The molecule has 2 aromatic rings. The lowest BCUT2D eigenvalue weighted by Gasteiger charge is -2.33. The Labute approximate surface area is 184 Å². The molecule has 1 fully saturated rings. The Morgan fingerprint density at radius 2 is 1.90 bits per heavy atom. The molecule has 1 aromatic heterocycles. The molecular formula is C24H33N3O4. The van der Waals surface area contributed by atoms with Gasteiger partial charge in [-0.05, 0) is 63.5 Å². The van der Waals surface area contributed by atoms with Crippen molar-refractivity contribution in [3.8, 4) is 5.75 Å². The first-order valence-electron chi connectivity index (χ1n) is 11.2. The van der Waals surface area contributed by atoms with E-state index in [4.69, 9.17) is 9.15 Å². The Bertz CT molecular complexity index is 816. The van der Waals surface area contributed by atoms with Gasteiger partial charge in [-0.25, -0.2) is 0 Å². The highest BCUT2D eigenvalue weighted by Gasteiger charge is 2.24. The van der Waals surface area contributed by atoms with E-state index in [0.29, 0.717) is 43.9 Å². The van der Waals surface area contributed by atoms with Crippen molar-refractivity contribution in [2.45, 2.75) is 45.1 Å². The number of rotatable bonds is 11. The quantitative estimate of drug-likeness (QED) is 0.536. The summed E-state index contributed by atoms with van der Waals surface area (Å²) >= 11 is 0. The Kier molecular flexibility index (Phi) is 8.97. The summed E-state index contributed by atoms with van der Waals surface area (Å²) in [6.45, 7) is 5.39. The van der Waals surface area contributed by atoms with E-state index in [1.807, 2.05) is 31.2 Å². The molecule has 1 aliphatic rings. The second kappa shape index (κ2) is 12.2. The number of para-hydroxylation sites is 1. The molecule has 0 spiro atoms. The van der Waals surface area contributed by atoms with E-state index in [1.165, 1.54) is 19.3 Å². The summed E-state index contributed by atoms with van der Waals surface area (Å²) < 4.78 is 11.1. The highest BCUT2D eigenvalue weighted by Crippen LogP contribution is 2.24. The molecule has 0 aliphatic carbocycles. The highest BCUT2D eigenvalue weighted by atomic mass is 16.5. The first kappa shape index (κ1) is 22.9. The Morgan fingerprint density at radius 1 is 1.10 bits per heavy atom. The molecule has 0 radical (unpaired) electrons.